The fourth-order valence-electron chi connectivity index (χ4n) is 1.59. The van der Waals surface area contributed by atoms with Crippen molar-refractivity contribution in [3.63, 3.8) is 0 Å². The molecule has 1 saturated heterocycles. The van der Waals surface area contributed by atoms with Gasteiger partial charge in [-0.15, -0.1) is 0 Å². The van der Waals surface area contributed by atoms with Crippen LogP contribution >= 0.6 is 0 Å². The molecule has 1 fully saturated rings. The van der Waals surface area contributed by atoms with Crippen molar-refractivity contribution in [1.29, 1.82) is 0 Å². The Labute approximate surface area is 103 Å². The molecule has 0 aromatic carbocycles. The lowest BCUT2D eigenvalue weighted by Gasteiger charge is -2.32. The summed E-state index contributed by atoms with van der Waals surface area (Å²) in [5, 5.41) is 8.65. The Bertz CT molecular complexity index is 306. The highest BCUT2D eigenvalue weighted by atomic mass is 16.7. The largest absolute Gasteiger partial charge is 0.486 e. The molecular weight excluding hydrogens is 219 g/mol. The summed E-state index contributed by atoms with van der Waals surface area (Å²) in [7, 11) is -0.392. The molecule has 1 aliphatic rings. The van der Waals surface area contributed by atoms with Crippen molar-refractivity contribution < 1.29 is 19.2 Å². The maximum absolute atomic E-state index is 10.5. The molecule has 0 aromatic heterocycles. The first kappa shape index (κ1) is 14.3. The van der Waals surface area contributed by atoms with E-state index in [9.17, 15) is 4.79 Å². The van der Waals surface area contributed by atoms with E-state index in [-0.39, 0.29) is 23.5 Å². The summed E-state index contributed by atoms with van der Waals surface area (Å²) in [5.74, 6) is 0.979. The number of carboxylic acid groups (broad SMARTS) is 1. The highest BCUT2D eigenvalue weighted by molar-refractivity contribution is 6.51. The van der Waals surface area contributed by atoms with Crippen LogP contribution in [0, 0.1) is 5.92 Å². The van der Waals surface area contributed by atoms with Crippen molar-refractivity contribution in [3.8, 4) is 0 Å². The summed E-state index contributed by atoms with van der Waals surface area (Å²) >= 11 is 0. The standard InChI is InChI=1S/C12H21BO4/c1-9(8-10(14)15)6-7-13-16-11(2,3)12(4,5)17-13/h6-7,9H,8H2,1-5H3,(H,14,15)/b7-6+/t9-/m1/s1. The number of aliphatic carboxylic acids is 1. The molecular formula is C12H21BO4. The van der Waals surface area contributed by atoms with Gasteiger partial charge in [-0.2, -0.15) is 0 Å². The molecule has 5 heteroatoms. The molecule has 1 N–H and O–H groups in total. The monoisotopic (exact) mass is 240 g/mol. The van der Waals surface area contributed by atoms with Gasteiger partial charge in [-0.1, -0.05) is 19.0 Å². The molecule has 0 spiro atoms. The molecule has 0 saturated carbocycles. The van der Waals surface area contributed by atoms with E-state index >= 15 is 0 Å². The second kappa shape index (κ2) is 4.82. The zero-order valence-corrected chi connectivity index (χ0v) is 11.2. The van der Waals surface area contributed by atoms with E-state index in [1.807, 2.05) is 40.7 Å². The summed E-state index contributed by atoms with van der Waals surface area (Å²) in [4.78, 5) is 10.5. The predicted molar refractivity (Wildman–Crippen MR) is 66.6 cm³/mol. The Hall–Kier alpha value is -0.805. The third kappa shape index (κ3) is 3.58. The van der Waals surface area contributed by atoms with Crippen LogP contribution in [0.2, 0.25) is 0 Å². The Morgan fingerprint density at radius 1 is 1.29 bits per heavy atom. The van der Waals surface area contributed by atoms with E-state index in [0.717, 1.165) is 0 Å². The summed E-state index contributed by atoms with van der Waals surface area (Å²) in [6.45, 7) is 9.81. The van der Waals surface area contributed by atoms with Crippen LogP contribution in [0.1, 0.15) is 41.0 Å². The Morgan fingerprint density at radius 2 is 1.76 bits per heavy atom. The van der Waals surface area contributed by atoms with Gasteiger partial charge in [-0.25, -0.2) is 0 Å². The van der Waals surface area contributed by atoms with E-state index in [2.05, 4.69) is 0 Å². The predicted octanol–water partition coefficient (Wildman–Crippen LogP) is 2.28. The molecule has 0 unspecified atom stereocenters. The summed E-state index contributed by atoms with van der Waals surface area (Å²) < 4.78 is 11.5. The van der Waals surface area contributed by atoms with Crippen molar-refractivity contribution in [2.45, 2.75) is 52.2 Å². The van der Waals surface area contributed by atoms with E-state index in [1.54, 1.807) is 5.98 Å². The van der Waals surface area contributed by atoms with Crippen LogP contribution in [-0.4, -0.2) is 29.4 Å². The zero-order chi connectivity index (χ0) is 13.3. The minimum atomic E-state index is -0.795. The van der Waals surface area contributed by atoms with Gasteiger partial charge in [0, 0.05) is 0 Å². The van der Waals surface area contributed by atoms with Crippen LogP contribution in [0.3, 0.4) is 0 Å². The topological polar surface area (TPSA) is 55.8 Å². The summed E-state index contributed by atoms with van der Waals surface area (Å²) in [6, 6.07) is 0. The molecule has 1 aliphatic heterocycles. The van der Waals surface area contributed by atoms with Gasteiger partial charge in [0.1, 0.15) is 0 Å². The second-order valence-electron chi connectivity index (χ2n) is 5.58. The van der Waals surface area contributed by atoms with Crippen LogP contribution in [0.15, 0.2) is 12.1 Å². The number of hydrogen-bond donors (Lipinski definition) is 1. The summed E-state index contributed by atoms with van der Waals surface area (Å²) in [6.07, 6.45) is 1.95. The molecule has 0 radical (unpaired) electrons. The molecule has 4 nitrogen and oxygen atoms in total. The number of hydrogen-bond acceptors (Lipinski definition) is 3. The van der Waals surface area contributed by atoms with Crippen molar-refractivity contribution in [2.75, 3.05) is 0 Å². The van der Waals surface area contributed by atoms with Crippen molar-refractivity contribution in [2.24, 2.45) is 5.92 Å². The minimum Gasteiger partial charge on any atom is -0.481 e. The fourth-order valence-corrected chi connectivity index (χ4v) is 1.59. The van der Waals surface area contributed by atoms with Gasteiger partial charge in [-0.3, -0.25) is 4.79 Å². The van der Waals surface area contributed by atoms with Crippen LogP contribution < -0.4 is 0 Å². The molecule has 0 amide bonds. The number of carbonyl (C=O) groups is 1. The van der Waals surface area contributed by atoms with Crippen LogP contribution in [0.5, 0.6) is 0 Å². The van der Waals surface area contributed by atoms with Crippen molar-refractivity contribution in [1.82, 2.24) is 0 Å². The average Bonchev–Trinajstić information content (AvgIpc) is 2.31. The molecule has 0 bridgehead atoms. The lowest BCUT2D eigenvalue weighted by atomic mass is 9.88. The van der Waals surface area contributed by atoms with Gasteiger partial charge >= 0.3 is 13.1 Å². The maximum atomic E-state index is 10.5. The molecule has 0 aliphatic carbocycles. The highest BCUT2D eigenvalue weighted by Gasteiger charge is 2.49. The van der Waals surface area contributed by atoms with Gasteiger partial charge in [0.25, 0.3) is 0 Å². The number of allylic oxidation sites excluding steroid dienone is 1. The normalized spacial score (nSPS) is 24.2. The lowest BCUT2D eigenvalue weighted by molar-refractivity contribution is -0.137. The van der Waals surface area contributed by atoms with Crippen molar-refractivity contribution in [3.05, 3.63) is 12.1 Å². The second-order valence-corrected chi connectivity index (χ2v) is 5.58. The van der Waals surface area contributed by atoms with Gasteiger partial charge in [0.15, 0.2) is 0 Å². The highest BCUT2D eigenvalue weighted by Crippen LogP contribution is 2.36. The van der Waals surface area contributed by atoms with Crippen LogP contribution in [0.25, 0.3) is 0 Å². The van der Waals surface area contributed by atoms with E-state index < -0.39 is 13.1 Å². The number of carboxylic acids is 1. The molecule has 1 rings (SSSR count). The first-order valence-corrected chi connectivity index (χ1v) is 5.90. The Balaban J connectivity index is 2.56. The third-order valence-electron chi connectivity index (χ3n) is 3.36. The quantitative estimate of drug-likeness (QED) is 0.766. The average molecular weight is 240 g/mol. The zero-order valence-electron chi connectivity index (χ0n) is 11.2. The third-order valence-corrected chi connectivity index (χ3v) is 3.36. The lowest BCUT2D eigenvalue weighted by Crippen LogP contribution is -2.41. The first-order valence-electron chi connectivity index (χ1n) is 5.90. The van der Waals surface area contributed by atoms with E-state index in [0.29, 0.717) is 0 Å². The van der Waals surface area contributed by atoms with Crippen molar-refractivity contribution >= 4 is 13.1 Å². The molecule has 1 heterocycles. The fraction of sp³-hybridized carbons (Fsp3) is 0.750. The first-order chi connectivity index (χ1) is 7.64. The smallest absolute Gasteiger partial charge is 0.481 e. The number of rotatable bonds is 4. The SMILES string of the molecule is C[C@H](/C=C/B1OC(C)(C)C(C)(C)O1)CC(=O)O. The molecule has 1 atom stereocenters. The molecule has 96 valence electrons. The summed E-state index contributed by atoms with van der Waals surface area (Å²) in [5.41, 5.74) is -0.698. The van der Waals surface area contributed by atoms with E-state index in [1.165, 1.54) is 0 Å². The van der Waals surface area contributed by atoms with Gasteiger partial charge in [0.2, 0.25) is 0 Å². The van der Waals surface area contributed by atoms with E-state index in [4.69, 9.17) is 14.4 Å². The minimum absolute atomic E-state index is 0.0217. The Morgan fingerprint density at radius 3 is 2.18 bits per heavy atom. The van der Waals surface area contributed by atoms with Crippen LogP contribution in [-0.2, 0) is 14.1 Å². The van der Waals surface area contributed by atoms with Gasteiger partial charge in [0.05, 0.1) is 17.6 Å². The van der Waals surface area contributed by atoms with Gasteiger partial charge in [-0.05, 0) is 33.6 Å². The van der Waals surface area contributed by atoms with Crippen LogP contribution in [0.4, 0.5) is 0 Å². The van der Waals surface area contributed by atoms with Gasteiger partial charge < -0.3 is 14.4 Å². The molecule has 0 aromatic rings. The maximum Gasteiger partial charge on any atom is 0.486 e. The Kier molecular flexibility index (Phi) is 4.04. The molecule has 17 heavy (non-hydrogen) atoms.